The Balaban J connectivity index is 2.37. The van der Waals surface area contributed by atoms with Gasteiger partial charge in [-0.2, -0.15) is 0 Å². The Labute approximate surface area is 94.1 Å². The molecule has 1 aromatic heterocycles. The highest BCUT2D eigenvalue weighted by Gasteiger charge is 2.08. The Morgan fingerprint density at radius 2 is 2.00 bits per heavy atom. The molecule has 0 aliphatic carbocycles. The summed E-state index contributed by atoms with van der Waals surface area (Å²) in [6.07, 6.45) is 1.31. The fraction of sp³-hybridized carbons (Fsp3) is 0. The average molecular weight is 267 g/mol. The minimum absolute atomic E-state index is 0.0907. The number of carboxylic acids is 1. The maximum Gasteiger partial charge on any atom is 0.353 e. The van der Waals surface area contributed by atoms with Crippen LogP contribution in [0.3, 0.4) is 0 Å². The molecule has 5 heteroatoms. The summed E-state index contributed by atoms with van der Waals surface area (Å²) in [7, 11) is 0. The van der Waals surface area contributed by atoms with Crippen molar-refractivity contribution in [3.05, 3.63) is 40.6 Å². The highest BCUT2D eigenvalue weighted by molar-refractivity contribution is 9.10. The van der Waals surface area contributed by atoms with Crippen LogP contribution in [0.5, 0.6) is 0 Å². The number of halogens is 1. The summed E-state index contributed by atoms with van der Waals surface area (Å²) >= 11 is 3.32. The molecule has 2 aromatic rings. The Morgan fingerprint density at radius 1 is 1.33 bits per heavy atom. The lowest BCUT2D eigenvalue weighted by molar-refractivity contribution is 0.0691. The fourth-order valence-corrected chi connectivity index (χ4v) is 1.45. The minimum Gasteiger partial charge on any atom is -0.477 e. The molecule has 15 heavy (non-hydrogen) atoms. The first-order chi connectivity index (χ1) is 7.16. The molecule has 0 saturated heterocycles. The van der Waals surface area contributed by atoms with Gasteiger partial charge in [0.1, 0.15) is 11.5 Å². The third kappa shape index (κ3) is 2.07. The van der Waals surface area contributed by atoms with E-state index >= 15 is 0 Å². The number of carbonyl (C=O) groups is 1. The lowest BCUT2D eigenvalue weighted by Gasteiger charge is -1.96. The normalized spacial score (nSPS) is 10.2. The summed E-state index contributed by atoms with van der Waals surface area (Å²) in [6, 6.07) is 7.46. The zero-order chi connectivity index (χ0) is 10.8. The molecule has 2 rings (SSSR count). The van der Waals surface area contributed by atoms with Crippen LogP contribution < -0.4 is 0 Å². The molecule has 2 N–H and O–H groups in total. The van der Waals surface area contributed by atoms with E-state index in [1.165, 1.54) is 6.20 Å². The number of aromatic carboxylic acids is 1. The van der Waals surface area contributed by atoms with Crippen LogP contribution in [0.1, 0.15) is 10.5 Å². The number of imidazole rings is 1. The van der Waals surface area contributed by atoms with Gasteiger partial charge in [0.2, 0.25) is 0 Å². The van der Waals surface area contributed by atoms with Crippen LogP contribution in [0.25, 0.3) is 11.4 Å². The van der Waals surface area contributed by atoms with Gasteiger partial charge in [0.25, 0.3) is 0 Å². The Hall–Kier alpha value is -1.62. The first kappa shape index (κ1) is 9.92. The van der Waals surface area contributed by atoms with E-state index in [9.17, 15) is 4.79 Å². The number of rotatable bonds is 2. The number of aromatic nitrogens is 2. The highest BCUT2D eigenvalue weighted by atomic mass is 79.9. The number of nitrogens with one attached hydrogen (secondary N) is 1. The smallest absolute Gasteiger partial charge is 0.353 e. The Bertz CT molecular complexity index is 490. The quantitative estimate of drug-likeness (QED) is 0.878. The van der Waals surface area contributed by atoms with Gasteiger partial charge in [0.05, 0.1) is 6.20 Å². The van der Waals surface area contributed by atoms with Gasteiger partial charge < -0.3 is 10.1 Å². The van der Waals surface area contributed by atoms with E-state index in [1.807, 2.05) is 24.3 Å². The molecule has 0 aliphatic rings. The lowest BCUT2D eigenvalue weighted by Crippen LogP contribution is -1.95. The number of hydrogen-bond donors (Lipinski definition) is 2. The van der Waals surface area contributed by atoms with Gasteiger partial charge in [-0.05, 0) is 12.1 Å². The summed E-state index contributed by atoms with van der Waals surface area (Å²) in [5.41, 5.74) is 0.943. The van der Waals surface area contributed by atoms with E-state index in [1.54, 1.807) is 0 Å². The molecule has 1 aromatic carbocycles. The largest absolute Gasteiger partial charge is 0.477 e. The minimum atomic E-state index is -1.01. The molecule has 0 radical (unpaired) electrons. The third-order valence-corrected chi connectivity index (χ3v) is 2.45. The van der Waals surface area contributed by atoms with Crippen molar-refractivity contribution in [2.24, 2.45) is 0 Å². The summed E-state index contributed by atoms with van der Waals surface area (Å²) in [5.74, 6) is -0.453. The van der Waals surface area contributed by atoms with Gasteiger partial charge in [-0.25, -0.2) is 9.78 Å². The van der Waals surface area contributed by atoms with Gasteiger partial charge in [-0.1, -0.05) is 28.1 Å². The molecule has 0 spiro atoms. The summed E-state index contributed by atoms with van der Waals surface area (Å²) < 4.78 is 0.969. The maximum absolute atomic E-state index is 10.6. The third-order valence-electron chi connectivity index (χ3n) is 1.92. The van der Waals surface area contributed by atoms with Gasteiger partial charge in [-0.15, -0.1) is 0 Å². The van der Waals surface area contributed by atoms with Gasteiger partial charge in [0.15, 0.2) is 0 Å². The standard InChI is InChI=1S/C10H7BrN2O2/c11-7-3-1-6(2-4-7)9-12-5-8(13-9)10(14)15/h1-5H,(H,12,13)(H,14,15). The SMILES string of the molecule is O=C(O)c1cnc(-c2ccc(Br)cc2)[nH]1. The van der Waals surface area contributed by atoms with Gasteiger partial charge in [0, 0.05) is 10.0 Å². The number of carboxylic acid groups (broad SMARTS) is 1. The molecule has 0 bridgehead atoms. The van der Waals surface area contributed by atoms with Crippen molar-refractivity contribution in [2.75, 3.05) is 0 Å². The van der Waals surface area contributed by atoms with Crippen molar-refractivity contribution < 1.29 is 9.90 Å². The van der Waals surface area contributed by atoms with Crippen molar-refractivity contribution in [2.45, 2.75) is 0 Å². The molecular weight excluding hydrogens is 260 g/mol. The van der Waals surface area contributed by atoms with Crippen LogP contribution in [0.15, 0.2) is 34.9 Å². The molecular formula is C10H7BrN2O2. The van der Waals surface area contributed by atoms with Crippen molar-refractivity contribution in [3.63, 3.8) is 0 Å². The monoisotopic (exact) mass is 266 g/mol. The van der Waals surface area contributed by atoms with Crippen LogP contribution >= 0.6 is 15.9 Å². The molecule has 0 fully saturated rings. The zero-order valence-electron chi connectivity index (χ0n) is 7.57. The van der Waals surface area contributed by atoms with Crippen molar-refractivity contribution in [1.29, 1.82) is 0 Å². The van der Waals surface area contributed by atoms with E-state index in [4.69, 9.17) is 5.11 Å². The second-order valence-electron chi connectivity index (χ2n) is 2.96. The van der Waals surface area contributed by atoms with Gasteiger partial charge in [-0.3, -0.25) is 0 Å². The van der Waals surface area contributed by atoms with Crippen molar-refractivity contribution >= 4 is 21.9 Å². The molecule has 0 aliphatic heterocycles. The van der Waals surface area contributed by atoms with E-state index in [0.717, 1.165) is 10.0 Å². The average Bonchev–Trinajstić information content (AvgIpc) is 2.68. The molecule has 0 unspecified atom stereocenters. The van der Waals surface area contributed by atoms with Crippen LogP contribution in [-0.2, 0) is 0 Å². The maximum atomic E-state index is 10.6. The molecule has 1 heterocycles. The predicted molar refractivity (Wildman–Crippen MR) is 58.7 cm³/mol. The second-order valence-corrected chi connectivity index (χ2v) is 3.87. The highest BCUT2D eigenvalue weighted by Crippen LogP contribution is 2.18. The zero-order valence-corrected chi connectivity index (χ0v) is 9.15. The topological polar surface area (TPSA) is 66.0 Å². The Kier molecular flexibility index (Phi) is 2.55. The molecule has 76 valence electrons. The number of H-pyrrole nitrogens is 1. The summed E-state index contributed by atoms with van der Waals surface area (Å²) in [4.78, 5) is 17.3. The molecule has 0 amide bonds. The van der Waals surface area contributed by atoms with E-state index in [0.29, 0.717) is 5.82 Å². The Morgan fingerprint density at radius 3 is 2.53 bits per heavy atom. The number of nitrogens with zero attached hydrogens (tertiary/aromatic N) is 1. The second kappa shape index (κ2) is 3.86. The number of hydrogen-bond acceptors (Lipinski definition) is 2. The first-order valence-corrected chi connectivity index (χ1v) is 5.00. The van der Waals surface area contributed by atoms with E-state index < -0.39 is 5.97 Å². The molecule has 0 saturated carbocycles. The molecule has 4 nitrogen and oxygen atoms in total. The summed E-state index contributed by atoms with van der Waals surface area (Å²) in [6.45, 7) is 0. The van der Waals surface area contributed by atoms with Crippen LogP contribution in [0, 0.1) is 0 Å². The van der Waals surface area contributed by atoms with E-state index in [2.05, 4.69) is 25.9 Å². The van der Waals surface area contributed by atoms with Crippen LogP contribution in [0.4, 0.5) is 0 Å². The number of aromatic amines is 1. The van der Waals surface area contributed by atoms with Crippen molar-refractivity contribution in [1.82, 2.24) is 9.97 Å². The fourth-order valence-electron chi connectivity index (χ4n) is 1.18. The molecule has 0 atom stereocenters. The van der Waals surface area contributed by atoms with Crippen LogP contribution in [0.2, 0.25) is 0 Å². The summed E-state index contributed by atoms with van der Waals surface area (Å²) in [5, 5.41) is 8.71. The van der Waals surface area contributed by atoms with E-state index in [-0.39, 0.29) is 5.69 Å². The predicted octanol–water partition coefficient (Wildman–Crippen LogP) is 2.54. The lowest BCUT2D eigenvalue weighted by atomic mass is 10.2. The van der Waals surface area contributed by atoms with Crippen molar-refractivity contribution in [3.8, 4) is 11.4 Å². The number of benzene rings is 1. The van der Waals surface area contributed by atoms with Gasteiger partial charge >= 0.3 is 5.97 Å². The van der Waals surface area contributed by atoms with Crippen LogP contribution in [-0.4, -0.2) is 21.0 Å². The first-order valence-electron chi connectivity index (χ1n) is 4.21.